The van der Waals surface area contributed by atoms with Gasteiger partial charge in [0.2, 0.25) is 5.95 Å². The molecule has 0 aromatic carbocycles. The molecule has 0 saturated heterocycles. The molecule has 0 bridgehead atoms. The van der Waals surface area contributed by atoms with Crippen LogP contribution in [0, 0.1) is 5.95 Å². The fraction of sp³-hybridized carbons (Fsp3) is 0.409. The van der Waals surface area contributed by atoms with Crippen LogP contribution < -0.4 is 0 Å². The van der Waals surface area contributed by atoms with E-state index in [4.69, 9.17) is 4.99 Å². The van der Waals surface area contributed by atoms with E-state index in [1.54, 1.807) is 24.3 Å². The topological polar surface area (TPSA) is 25.2 Å². The highest BCUT2D eigenvalue weighted by atomic mass is 19.1. The van der Waals surface area contributed by atoms with Gasteiger partial charge in [-0.05, 0) is 50.5 Å². The van der Waals surface area contributed by atoms with Crippen molar-refractivity contribution in [1.82, 2.24) is 4.98 Å². The number of aromatic nitrogens is 1. The molecule has 3 heteroatoms. The Hall–Kier alpha value is -2.25. The second-order valence-electron chi connectivity index (χ2n) is 5.94. The Morgan fingerprint density at radius 3 is 2.56 bits per heavy atom. The van der Waals surface area contributed by atoms with Crippen molar-refractivity contribution in [3.63, 3.8) is 0 Å². The molecule has 0 aliphatic heterocycles. The second-order valence-corrected chi connectivity index (χ2v) is 5.94. The van der Waals surface area contributed by atoms with E-state index >= 15 is 0 Å². The molecule has 0 unspecified atom stereocenters. The van der Waals surface area contributed by atoms with Crippen molar-refractivity contribution in [3.05, 3.63) is 66.0 Å². The average molecular weight is 340 g/mol. The number of hydrogen-bond donors (Lipinski definition) is 0. The Labute approximate surface area is 151 Å². The van der Waals surface area contributed by atoms with Crippen LogP contribution in [0.5, 0.6) is 0 Å². The number of allylic oxidation sites excluding steroid dienone is 4. The standard InChI is InChI=1S/C22H29FN2/c1-6-11-17(5)21(25-18(12-7-2)13-8-3)19(14-9-4)20-15-10-16-24-22(20)23/h6,9-11,15-16,18H,1,7-8,12-13H2,2-5H3/b17-11-,25-21?. The third-order valence-corrected chi connectivity index (χ3v) is 3.85. The Morgan fingerprint density at radius 2 is 2.04 bits per heavy atom. The first-order chi connectivity index (χ1) is 12.1. The summed E-state index contributed by atoms with van der Waals surface area (Å²) in [6.45, 7) is 11.9. The molecule has 134 valence electrons. The molecule has 1 aromatic heterocycles. The van der Waals surface area contributed by atoms with Crippen LogP contribution in [-0.2, 0) is 0 Å². The number of rotatable bonds is 9. The lowest BCUT2D eigenvalue weighted by Crippen LogP contribution is -2.13. The third kappa shape index (κ3) is 6.28. The highest BCUT2D eigenvalue weighted by molar-refractivity contribution is 6.31. The summed E-state index contributed by atoms with van der Waals surface area (Å²) in [5, 5.41) is 0. The fourth-order valence-corrected chi connectivity index (χ4v) is 2.73. The zero-order chi connectivity index (χ0) is 18.7. The minimum Gasteiger partial charge on any atom is -0.280 e. The molecule has 0 radical (unpaired) electrons. The lowest BCUT2D eigenvalue weighted by atomic mass is 9.96. The van der Waals surface area contributed by atoms with Crippen LogP contribution in [0.25, 0.3) is 5.57 Å². The van der Waals surface area contributed by atoms with E-state index in [9.17, 15) is 4.39 Å². The highest BCUT2D eigenvalue weighted by Gasteiger charge is 2.17. The Bertz CT molecular complexity index is 686. The first kappa shape index (κ1) is 20.8. The first-order valence-corrected chi connectivity index (χ1v) is 8.98. The van der Waals surface area contributed by atoms with Gasteiger partial charge in [-0.3, -0.25) is 4.99 Å². The minimum absolute atomic E-state index is 0.214. The van der Waals surface area contributed by atoms with Crippen molar-refractivity contribution in [2.75, 3.05) is 0 Å². The fourth-order valence-electron chi connectivity index (χ4n) is 2.73. The van der Waals surface area contributed by atoms with Crippen molar-refractivity contribution in [2.45, 2.75) is 59.4 Å². The molecule has 0 atom stereocenters. The minimum atomic E-state index is -0.506. The summed E-state index contributed by atoms with van der Waals surface area (Å²) in [6.07, 6.45) is 11.0. The molecule has 0 saturated carbocycles. The molecule has 1 rings (SSSR count). The molecule has 1 aromatic rings. The molecule has 0 fully saturated rings. The average Bonchev–Trinajstić information content (AvgIpc) is 2.59. The molecule has 0 amide bonds. The number of nitrogens with zero attached hydrogens (tertiary/aromatic N) is 2. The van der Waals surface area contributed by atoms with Gasteiger partial charge < -0.3 is 0 Å². The molecule has 0 spiro atoms. The van der Waals surface area contributed by atoms with Gasteiger partial charge in [0.15, 0.2) is 0 Å². The quantitative estimate of drug-likeness (QED) is 0.223. The zero-order valence-electron chi connectivity index (χ0n) is 15.8. The maximum Gasteiger partial charge on any atom is 0.221 e. The summed E-state index contributed by atoms with van der Waals surface area (Å²) >= 11 is 0. The summed E-state index contributed by atoms with van der Waals surface area (Å²) in [5.41, 5.74) is 5.94. The molecular weight excluding hydrogens is 311 g/mol. The monoisotopic (exact) mass is 340 g/mol. The predicted molar refractivity (Wildman–Crippen MR) is 106 cm³/mol. The van der Waals surface area contributed by atoms with Crippen LogP contribution >= 0.6 is 0 Å². The van der Waals surface area contributed by atoms with E-state index in [-0.39, 0.29) is 6.04 Å². The van der Waals surface area contributed by atoms with Gasteiger partial charge in [-0.1, -0.05) is 45.4 Å². The van der Waals surface area contributed by atoms with E-state index in [0.717, 1.165) is 37.0 Å². The van der Waals surface area contributed by atoms with Crippen LogP contribution in [0.15, 0.2) is 59.4 Å². The van der Waals surface area contributed by atoms with Crippen LogP contribution in [-0.4, -0.2) is 16.7 Å². The Kier molecular flexibility index (Phi) is 9.42. The van der Waals surface area contributed by atoms with Crippen LogP contribution in [0.2, 0.25) is 0 Å². The van der Waals surface area contributed by atoms with E-state index in [1.165, 1.54) is 6.20 Å². The number of halogens is 1. The lowest BCUT2D eigenvalue weighted by molar-refractivity contribution is 0.556. The van der Waals surface area contributed by atoms with E-state index in [2.05, 4.69) is 31.1 Å². The number of aliphatic imine (C=N–C) groups is 1. The van der Waals surface area contributed by atoms with Crippen molar-refractivity contribution in [1.29, 1.82) is 0 Å². The van der Waals surface area contributed by atoms with Crippen LogP contribution in [0.1, 0.15) is 58.9 Å². The van der Waals surface area contributed by atoms with Gasteiger partial charge in [0.25, 0.3) is 0 Å². The first-order valence-electron chi connectivity index (χ1n) is 8.98. The second kappa shape index (κ2) is 11.3. The van der Waals surface area contributed by atoms with Gasteiger partial charge >= 0.3 is 0 Å². The van der Waals surface area contributed by atoms with Crippen LogP contribution in [0.4, 0.5) is 4.39 Å². The van der Waals surface area contributed by atoms with E-state index < -0.39 is 5.95 Å². The van der Waals surface area contributed by atoms with Crippen molar-refractivity contribution in [2.24, 2.45) is 4.99 Å². The molecule has 0 N–H and O–H groups in total. The van der Waals surface area contributed by atoms with Crippen molar-refractivity contribution in [3.8, 4) is 0 Å². The largest absolute Gasteiger partial charge is 0.280 e. The molecule has 0 aliphatic carbocycles. The van der Waals surface area contributed by atoms with E-state index in [0.29, 0.717) is 11.1 Å². The molecular formula is C22H29FN2. The summed E-state index contributed by atoms with van der Waals surface area (Å²) in [6, 6.07) is 3.67. The SMILES string of the molecule is C=C/C=C(/C)C(=NC(CCC)CCC)C(=C=CC)c1cccnc1F. The predicted octanol–water partition coefficient (Wildman–Crippen LogP) is 6.32. The summed E-state index contributed by atoms with van der Waals surface area (Å²) in [4.78, 5) is 8.78. The van der Waals surface area contributed by atoms with Gasteiger partial charge in [-0.25, -0.2) is 4.98 Å². The molecule has 2 nitrogen and oxygen atoms in total. The van der Waals surface area contributed by atoms with Gasteiger partial charge in [0, 0.05) is 11.8 Å². The summed E-state index contributed by atoms with van der Waals surface area (Å²) < 4.78 is 14.3. The smallest absolute Gasteiger partial charge is 0.221 e. The van der Waals surface area contributed by atoms with Crippen molar-refractivity contribution >= 4 is 11.3 Å². The Morgan fingerprint density at radius 1 is 1.36 bits per heavy atom. The maximum atomic E-state index is 14.3. The number of hydrogen-bond acceptors (Lipinski definition) is 2. The van der Waals surface area contributed by atoms with Crippen molar-refractivity contribution < 1.29 is 4.39 Å². The van der Waals surface area contributed by atoms with Gasteiger partial charge in [0.1, 0.15) is 0 Å². The third-order valence-electron chi connectivity index (χ3n) is 3.85. The number of pyridine rings is 1. The summed E-state index contributed by atoms with van der Waals surface area (Å²) in [7, 11) is 0. The summed E-state index contributed by atoms with van der Waals surface area (Å²) in [5.74, 6) is -0.506. The van der Waals surface area contributed by atoms with Gasteiger partial charge in [-0.2, -0.15) is 4.39 Å². The zero-order valence-corrected chi connectivity index (χ0v) is 15.8. The van der Waals surface area contributed by atoms with E-state index in [1.807, 2.05) is 19.9 Å². The molecule has 0 aliphatic rings. The van der Waals surface area contributed by atoms with Crippen LogP contribution in [0.3, 0.4) is 0 Å². The molecule has 1 heterocycles. The lowest BCUT2D eigenvalue weighted by Gasteiger charge is -2.16. The van der Waals surface area contributed by atoms with Gasteiger partial charge in [0.05, 0.1) is 17.3 Å². The molecule has 25 heavy (non-hydrogen) atoms. The highest BCUT2D eigenvalue weighted by Crippen LogP contribution is 2.23. The van der Waals surface area contributed by atoms with Gasteiger partial charge in [-0.15, -0.1) is 5.73 Å². The normalized spacial score (nSPS) is 12.1. The Balaban J connectivity index is 3.57. The maximum absolute atomic E-state index is 14.3.